The third kappa shape index (κ3) is 4.99. The van der Waals surface area contributed by atoms with E-state index < -0.39 is 0 Å². The summed E-state index contributed by atoms with van der Waals surface area (Å²) in [5, 5.41) is 5.94. The molecular weight excluding hydrogens is 395 g/mol. The Morgan fingerprint density at radius 3 is 2.35 bits per heavy atom. The molecule has 1 aromatic rings. The lowest BCUT2D eigenvalue weighted by molar-refractivity contribution is 0.0949. The molecule has 7 heteroatoms. The van der Waals surface area contributed by atoms with Gasteiger partial charge in [0.15, 0.2) is 11.5 Å². The van der Waals surface area contributed by atoms with Crippen LogP contribution in [0, 0.1) is 3.57 Å². The second-order valence-electron chi connectivity index (χ2n) is 4.09. The number of amides is 1. The van der Waals surface area contributed by atoms with E-state index in [-0.39, 0.29) is 24.4 Å². The Morgan fingerprint density at radius 2 is 1.85 bits per heavy atom. The van der Waals surface area contributed by atoms with Gasteiger partial charge < -0.3 is 20.1 Å². The third-order valence-corrected chi connectivity index (χ3v) is 3.67. The van der Waals surface area contributed by atoms with Crippen molar-refractivity contribution in [2.75, 3.05) is 27.8 Å². The number of nitrogens with one attached hydrogen (secondary N) is 2. The number of carbonyl (C=O) groups excluding carboxylic acids is 1. The highest BCUT2D eigenvalue weighted by Gasteiger charge is 2.15. The number of hydrogen-bond acceptors (Lipinski definition) is 4. The smallest absolute Gasteiger partial charge is 0.252 e. The summed E-state index contributed by atoms with van der Waals surface area (Å²) < 4.78 is 11.2. The van der Waals surface area contributed by atoms with E-state index in [1.54, 1.807) is 26.4 Å². The van der Waals surface area contributed by atoms with Crippen LogP contribution in [-0.2, 0) is 0 Å². The molecule has 2 N–H and O–H groups in total. The molecule has 0 bridgehead atoms. The predicted octanol–water partition coefficient (Wildman–Crippen LogP) is 2.07. The second kappa shape index (κ2) is 9.25. The van der Waals surface area contributed by atoms with Crippen LogP contribution in [0.5, 0.6) is 11.5 Å². The average Bonchev–Trinajstić information content (AvgIpc) is 2.43. The predicted molar refractivity (Wildman–Crippen MR) is 90.4 cm³/mol. The van der Waals surface area contributed by atoms with Crippen LogP contribution >= 0.6 is 35.0 Å². The molecule has 1 unspecified atom stereocenters. The van der Waals surface area contributed by atoms with Crippen LogP contribution in [0.3, 0.4) is 0 Å². The maximum Gasteiger partial charge on any atom is 0.252 e. The lowest BCUT2D eigenvalue weighted by atomic mass is 10.2. The van der Waals surface area contributed by atoms with Crippen molar-refractivity contribution >= 4 is 40.9 Å². The van der Waals surface area contributed by atoms with Crippen molar-refractivity contribution in [1.29, 1.82) is 0 Å². The second-order valence-corrected chi connectivity index (χ2v) is 5.25. The molecule has 0 aliphatic carbocycles. The standard InChI is InChI=1S/C13H19IN2O3.ClH/c1-8(15-2)7-16-13(17)9-5-11(18-3)12(19-4)6-10(9)14;/h5-6,8,15H,7H2,1-4H3,(H,16,17);1H. The highest BCUT2D eigenvalue weighted by molar-refractivity contribution is 14.1. The molecule has 1 rings (SSSR count). The largest absolute Gasteiger partial charge is 0.493 e. The van der Waals surface area contributed by atoms with Gasteiger partial charge in [-0.05, 0) is 48.7 Å². The quantitative estimate of drug-likeness (QED) is 0.700. The van der Waals surface area contributed by atoms with Crippen LogP contribution in [0.25, 0.3) is 0 Å². The van der Waals surface area contributed by atoms with Crippen molar-refractivity contribution in [1.82, 2.24) is 10.6 Å². The molecule has 0 heterocycles. The van der Waals surface area contributed by atoms with Gasteiger partial charge in [-0.15, -0.1) is 12.4 Å². The molecule has 0 aliphatic heterocycles. The summed E-state index contributed by atoms with van der Waals surface area (Å²) in [5.41, 5.74) is 0.585. The summed E-state index contributed by atoms with van der Waals surface area (Å²) >= 11 is 2.11. The van der Waals surface area contributed by atoms with Gasteiger partial charge in [-0.25, -0.2) is 0 Å². The number of benzene rings is 1. The first-order chi connectivity index (χ1) is 9.03. The molecule has 0 saturated heterocycles. The van der Waals surface area contributed by atoms with Gasteiger partial charge in [-0.3, -0.25) is 4.79 Å². The Kier molecular flexibility index (Phi) is 8.91. The lowest BCUT2D eigenvalue weighted by Crippen LogP contribution is -2.37. The molecule has 114 valence electrons. The van der Waals surface area contributed by atoms with Crippen LogP contribution < -0.4 is 20.1 Å². The summed E-state index contributed by atoms with van der Waals surface area (Å²) in [7, 11) is 4.98. The molecule has 1 aromatic carbocycles. The van der Waals surface area contributed by atoms with Gasteiger partial charge in [-0.2, -0.15) is 0 Å². The molecule has 0 aliphatic rings. The molecule has 1 atom stereocenters. The molecular formula is C13H20ClIN2O3. The molecule has 0 fully saturated rings. The van der Waals surface area contributed by atoms with Crippen molar-refractivity contribution < 1.29 is 14.3 Å². The fourth-order valence-electron chi connectivity index (χ4n) is 1.47. The van der Waals surface area contributed by atoms with E-state index in [9.17, 15) is 4.79 Å². The average molecular weight is 415 g/mol. The van der Waals surface area contributed by atoms with E-state index in [1.165, 1.54) is 0 Å². The van der Waals surface area contributed by atoms with Crippen LogP contribution in [-0.4, -0.2) is 39.8 Å². The number of methoxy groups -OCH3 is 2. The Morgan fingerprint density at radius 1 is 1.30 bits per heavy atom. The molecule has 0 radical (unpaired) electrons. The number of ether oxygens (including phenoxy) is 2. The van der Waals surface area contributed by atoms with E-state index in [4.69, 9.17) is 9.47 Å². The number of carbonyl (C=O) groups is 1. The van der Waals surface area contributed by atoms with Crippen LogP contribution in [0.2, 0.25) is 0 Å². The maximum absolute atomic E-state index is 12.1. The molecule has 0 aromatic heterocycles. The molecule has 1 amide bonds. The highest BCUT2D eigenvalue weighted by atomic mass is 127. The van der Waals surface area contributed by atoms with Crippen molar-refractivity contribution in [3.8, 4) is 11.5 Å². The Balaban J connectivity index is 0.00000361. The van der Waals surface area contributed by atoms with Crippen LogP contribution in [0.1, 0.15) is 17.3 Å². The summed E-state index contributed by atoms with van der Waals surface area (Å²) in [6.45, 7) is 2.57. The van der Waals surface area contributed by atoms with Gasteiger partial charge in [0.25, 0.3) is 5.91 Å². The summed E-state index contributed by atoms with van der Waals surface area (Å²) in [5.74, 6) is 1.05. The van der Waals surface area contributed by atoms with E-state index in [0.717, 1.165) is 3.57 Å². The number of halogens is 2. The van der Waals surface area contributed by atoms with Crippen LogP contribution in [0.15, 0.2) is 12.1 Å². The minimum atomic E-state index is -0.118. The SMILES string of the molecule is CNC(C)CNC(=O)c1cc(OC)c(OC)cc1I.Cl. The monoisotopic (exact) mass is 414 g/mol. The summed E-state index contributed by atoms with van der Waals surface area (Å²) in [6.07, 6.45) is 0. The van der Waals surface area contributed by atoms with E-state index in [2.05, 4.69) is 33.2 Å². The number of rotatable bonds is 6. The zero-order chi connectivity index (χ0) is 14.4. The lowest BCUT2D eigenvalue weighted by Gasteiger charge is -2.14. The highest BCUT2D eigenvalue weighted by Crippen LogP contribution is 2.31. The van der Waals surface area contributed by atoms with Crippen molar-refractivity contribution in [3.05, 3.63) is 21.3 Å². The van der Waals surface area contributed by atoms with Crippen molar-refractivity contribution in [2.45, 2.75) is 13.0 Å². The summed E-state index contributed by atoms with van der Waals surface area (Å²) in [6, 6.07) is 3.71. The van der Waals surface area contributed by atoms with Crippen molar-refractivity contribution in [3.63, 3.8) is 0 Å². The van der Waals surface area contributed by atoms with Gasteiger partial charge in [0, 0.05) is 16.2 Å². The van der Waals surface area contributed by atoms with E-state index >= 15 is 0 Å². The number of likely N-dealkylation sites (N-methyl/N-ethyl adjacent to an activating group) is 1. The minimum Gasteiger partial charge on any atom is -0.493 e. The third-order valence-electron chi connectivity index (χ3n) is 2.78. The van der Waals surface area contributed by atoms with Gasteiger partial charge in [0.1, 0.15) is 0 Å². The van der Waals surface area contributed by atoms with Crippen molar-refractivity contribution in [2.24, 2.45) is 0 Å². The number of hydrogen-bond donors (Lipinski definition) is 2. The Labute approximate surface area is 139 Å². The fourth-order valence-corrected chi connectivity index (χ4v) is 2.15. The Bertz CT molecular complexity index is 457. The van der Waals surface area contributed by atoms with E-state index in [0.29, 0.717) is 23.6 Å². The minimum absolute atomic E-state index is 0. The molecule has 0 saturated carbocycles. The molecule has 5 nitrogen and oxygen atoms in total. The molecule has 0 spiro atoms. The van der Waals surface area contributed by atoms with Gasteiger partial charge >= 0.3 is 0 Å². The zero-order valence-electron chi connectivity index (χ0n) is 12.0. The first-order valence-electron chi connectivity index (χ1n) is 5.90. The first kappa shape index (κ1) is 19.3. The van der Waals surface area contributed by atoms with Gasteiger partial charge in [0.2, 0.25) is 0 Å². The summed E-state index contributed by atoms with van der Waals surface area (Å²) in [4.78, 5) is 12.1. The van der Waals surface area contributed by atoms with Crippen LogP contribution in [0.4, 0.5) is 0 Å². The Hall–Kier alpha value is -0.730. The molecule has 20 heavy (non-hydrogen) atoms. The van der Waals surface area contributed by atoms with Gasteiger partial charge in [-0.1, -0.05) is 0 Å². The normalized spacial score (nSPS) is 11.2. The zero-order valence-corrected chi connectivity index (χ0v) is 14.9. The van der Waals surface area contributed by atoms with E-state index in [1.807, 2.05) is 14.0 Å². The fraction of sp³-hybridized carbons (Fsp3) is 0.462. The maximum atomic E-state index is 12.1. The van der Waals surface area contributed by atoms with Gasteiger partial charge in [0.05, 0.1) is 19.8 Å². The topological polar surface area (TPSA) is 59.6 Å². The first-order valence-corrected chi connectivity index (χ1v) is 6.98.